The first-order chi connectivity index (χ1) is 8.34. The van der Waals surface area contributed by atoms with Crippen molar-refractivity contribution in [3.63, 3.8) is 0 Å². The van der Waals surface area contributed by atoms with Crippen molar-refractivity contribution >= 4 is 0 Å². The molecule has 1 aliphatic carbocycles. The molecule has 3 nitrogen and oxygen atoms in total. The molecule has 0 aromatic heterocycles. The molecule has 2 aliphatic rings. The van der Waals surface area contributed by atoms with Crippen molar-refractivity contribution in [3.05, 3.63) is 0 Å². The number of nitrogens with zero attached hydrogens (tertiary/aromatic N) is 2. The van der Waals surface area contributed by atoms with Crippen LogP contribution in [0.1, 0.15) is 38.5 Å². The first-order valence-electron chi connectivity index (χ1n) is 7.49. The Morgan fingerprint density at radius 3 is 2.41 bits per heavy atom. The summed E-state index contributed by atoms with van der Waals surface area (Å²) in [5, 5.41) is 3.73. The van der Waals surface area contributed by atoms with Gasteiger partial charge in [0.15, 0.2) is 0 Å². The van der Waals surface area contributed by atoms with Gasteiger partial charge in [0.1, 0.15) is 0 Å². The Morgan fingerprint density at radius 1 is 1.00 bits per heavy atom. The predicted octanol–water partition coefficient (Wildman–Crippen LogP) is 1.55. The van der Waals surface area contributed by atoms with Crippen molar-refractivity contribution in [2.24, 2.45) is 0 Å². The summed E-state index contributed by atoms with van der Waals surface area (Å²) in [5.41, 5.74) is 0. The molecule has 1 heterocycles. The minimum Gasteiger partial charge on any atom is -0.314 e. The van der Waals surface area contributed by atoms with Gasteiger partial charge in [-0.25, -0.2) is 0 Å². The van der Waals surface area contributed by atoms with Gasteiger partial charge >= 0.3 is 0 Å². The van der Waals surface area contributed by atoms with Gasteiger partial charge in [0.25, 0.3) is 0 Å². The molecule has 0 atom stereocenters. The number of piperazine rings is 1. The van der Waals surface area contributed by atoms with Crippen LogP contribution >= 0.6 is 0 Å². The molecule has 0 amide bonds. The van der Waals surface area contributed by atoms with Crippen LogP contribution in [0.15, 0.2) is 0 Å². The third-order valence-electron chi connectivity index (χ3n) is 4.29. The largest absolute Gasteiger partial charge is 0.314 e. The second-order valence-corrected chi connectivity index (χ2v) is 5.79. The van der Waals surface area contributed by atoms with Crippen LogP contribution in [0, 0.1) is 0 Å². The predicted molar refractivity (Wildman–Crippen MR) is 73.4 cm³/mol. The standard InChI is InChI=1S/C14H29N3/c1-16-10-12-17(13-11-16)9-5-8-15-14-6-3-2-4-7-14/h14-15H,2-13H2,1H3. The summed E-state index contributed by atoms with van der Waals surface area (Å²) in [4.78, 5) is 5.04. The molecule has 0 radical (unpaired) electrons. The van der Waals surface area contributed by atoms with Crippen LogP contribution in [-0.2, 0) is 0 Å². The molecule has 2 rings (SSSR count). The van der Waals surface area contributed by atoms with Gasteiger partial charge in [0, 0.05) is 32.2 Å². The van der Waals surface area contributed by atoms with Crippen LogP contribution in [0.25, 0.3) is 0 Å². The average molecular weight is 239 g/mol. The first kappa shape index (κ1) is 13.3. The Labute approximate surface area is 107 Å². The third-order valence-corrected chi connectivity index (χ3v) is 4.29. The minimum absolute atomic E-state index is 0.830. The molecule has 100 valence electrons. The molecule has 0 unspecified atom stereocenters. The lowest BCUT2D eigenvalue weighted by Crippen LogP contribution is -2.45. The molecular formula is C14H29N3. The Bertz CT molecular complexity index is 194. The highest BCUT2D eigenvalue weighted by Crippen LogP contribution is 2.17. The van der Waals surface area contributed by atoms with Gasteiger partial charge in [-0.3, -0.25) is 0 Å². The first-order valence-corrected chi connectivity index (χ1v) is 7.49. The van der Waals surface area contributed by atoms with Crippen LogP contribution in [0.5, 0.6) is 0 Å². The van der Waals surface area contributed by atoms with E-state index in [4.69, 9.17) is 0 Å². The molecule has 0 bridgehead atoms. The topological polar surface area (TPSA) is 18.5 Å². The van der Waals surface area contributed by atoms with Gasteiger partial charge in [0.05, 0.1) is 0 Å². The summed E-state index contributed by atoms with van der Waals surface area (Å²) in [7, 11) is 2.22. The van der Waals surface area contributed by atoms with Crippen molar-refractivity contribution in [2.45, 2.75) is 44.6 Å². The fourth-order valence-corrected chi connectivity index (χ4v) is 2.99. The second kappa shape index (κ2) is 7.34. The van der Waals surface area contributed by atoms with Gasteiger partial charge < -0.3 is 15.1 Å². The Morgan fingerprint density at radius 2 is 1.71 bits per heavy atom. The molecule has 1 aliphatic heterocycles. The summed E-state index contributed by atoms with van der Waals surface area (Å²) in [6.07, 6.45) is 8.48. The maximum atomic E-state index is 3.73. The van der Waals surface area contributed by atoms with Crippen molar-refractivity contribution in [1.82, 2.24) is 15.1 Å². The van der Waals surface area contributed by atoms with Crippen LogP contribution < -0.4 is 5.32 Å². The van der Waals surface area contributed by atoms with E-state index in [0.29, 0.717) is 0 Å². The number of nitrogens with one attached hydrogen (secondary N) is 1. The summed E-state index contributed by atoms with van der Waals surface area (Å²) in [5.74, 6) is 0. The highest BCUT2D eigenvalue weighted by Gasteiger charge is 2.14. The Hall–Kier alpha value is -0.120. The summed E-state index contributed by atoms with van der Waals surface area (Å²) in [6.45, 7) is 7.52. The molecule has 1 saturated carbocycles. The highest BCUT2D eigenvalue weighted by molar-refractivity contribution is 4.73. The zero-order valence-corrected chi connectivity index (χ0v) is 11.5. The number of hydrogen-bond donors (Lipinski definition) is 1. The quantitative estimate of drug-likeness (QED) is 0.734. The van der Waals surface area contributed by atoms with E-state index in [0.717, 1.165) is 6.04 Å². The zero-order valence-electron chi connectivity index (χ0n) is 11.5. The normalized spacial score (nSPS) is 25.2. The molecule has 0 spiro atoms. The molecule has 17 heavy (non-hydrogen) atoms. The van der Waals surface area contributed by atoms with Crippen molar-refractivity contribution < 1.29 is 0 Å². The molecule has 0 aromatic carbocycles. The van der Waals surface area contributed by atoms with Crippen LogP contribution in [0.4, 0.5) is 0 Å². The fraction of sp³-hybridized carbons (Fsp3) is 1.00. The number of rotatable bonds is 5. The van der Waals surface area contributed by atoms with E-state index in [1.54, 1.807) is 0 Å². The van der Waals surface area contributed by atoms with E-state index in [1.807, 2.05) is 0 Å². The van der Waals surface area contributed by atoms with Crippen LogP contribution in [-0.4, -0.2) is 62.2 Å². The monoisotopic (exact) mass is 239 g/mol. The van der Waals surface area contributed by atoms with Crippen LogP contribution in [0.3, 0.4) is 0 Å². The lowest BCUT2D eigenvalue weighted by molar-refractivity contribution is 0.152. The van der Waals surface area contributed by atoms with E-state index < -0.39 is 0 Å². The van der Waals surface area contributed by atoms with Gasteiger partial charge in [-0.1, -0.05) is 19.3 Å². The molecule has 1 saturated heterocycles. The summed E-state index contributed by atoms with van der Waals surface area (Å²) < 4.78 is 0. The maximum Gasteiger partial charge on any atom is 0.0110 e. The highest BCUT2D eigenvalue weighted by atomic mass is 15.2. The van der Waals surface area contributed by atoms with E-state index in [1.165, 1.54) is 77.8 Å². The third kappa shape index (κ3) is 4.94. The molecule has 0 aromatic rings. The van der Waals surface area contributed by atoms with Gasteiger partial charge in [-0.15, -0.1) is 0 Å². The minimum atomic E-state index is 0.830. The van der Waals surface area contributed by atoms with Gasteiger partial charge in [0.2, 0.25) is 0 Å². The number of hydrogen-bond acceptors (Lipinski definition) is 3. The molecular weight excluding hydrogens is 210 g/mol. The lowest BCUT2D eigenvalue weighted by Gasteiger charge is -2.32. The Balaban J connectivity index is 1.48. The maximum absolute atomic E-state index is 3.73. The Kier molecular flexibility index (Phi) is 5.75. The van der Waals surface area contributed by atoms with E-state index in [-0.39, 0.29) is 0 Å². The summed E-state index contributed by atoms with van der Waals surface area (Å²) in [6, 6.07) is 0.830. The van der Waals surface area contributed by atoms with E-state index in [9.17, 15) is 0 Å². The average Bonchev–Trinajstić information content (AvgIpc) is 2.38. The second-order valence-electron chi connectivity index (χ2n) is 5.79. The van der Waals surface area contributed by atoms with Crippen molar-refractivity contribution in [2.75, 3.05) is 46.3 Å². The SMILES string of the molecule is CN1CCN(CCCNC2CCCCC2)CC1. The zero-order chi connectivity index (χ0) is 11.9. The van der Waals surface area contributed by atoms with Gasteiger partial charge in [-0.2, -0.15) is 0 Å². The van der Waals surface area contributed by atoms with Crippen LogP contribution in [0.2, 0.25) is 0 Å². The number of likely N-dealkylation sites (N-methyl/N-ethyl adjacent to an activating group) is 1. The molecule has 3 heteroatoms. The lowest BCUT2D eigenvalue weighted by atomic mass is 9.95. The van der Waals surface area contributed by atoms with Crippen molar-refractivity contribution in [3.8, 4) is 0 Å². The van der Waals surface area contributed by atoms with E-state index in [2.05, 4.69) is 22.2 Å². The molecule has 1 N–H and O–H groups in total. The fourth-order valence-electron chi connectivity index (χ4n) is 2.99. The van der Waals surface area contributed by atoms with Crippen molar-refractivity contribution in [1.29, 1.82) is 0 Å². The molecule has 2 fully saturated rings. The van der Waals surface area contributed by atoms with E-state index >= 15 is 0 Å². The summed E-state index contributed by atoms with van der Waals surface area (Å²) >= 11 is 0. The smallest absolute Gasteiger partial charge is 0.0110 e. The van der Waals surface area contributed by atoms with Gasteiger partial charge in [-0.05, 0) is 39.4 Å².